The van der Waals surface area contributed by atoms with Gasteiger partial charge in [-0.05, 0) is 25.5 Å². The first-order valence-corrected chi connectivity index (χ1v) is 9.65. The van der Waals surface area contributed by atoms with Gasteiger partial charge in [0.25, 0.3) is 5.56 Å². The van der Waals surface area contributed by atoms with Gasteiger partial charge in [0.1, 0.15) is 0 Å². The predicted molar refractivity (Wildman–Crippen MR) is 109 cm³/mol. The lowest BCUT2D eigenvalue weighted by Crippen LogP contribution is -2.37. The number of carbonyl (C=O) groups is 1. The van der Waals surface area contributed by atoms with Gasteiger partial charge in [0.05, 0.1) is 30.7 Å². The molecule has 1 aliphatic heterocycles. The maximum absolute atomic E-state index is 13.4. The summed E-state index contributed by atoms with van der Waals surface area (Å²) in [5.74, 6) is 0.822. The van der Waals surface area contributed by atoms with Crippen LogP contribution in [0.15, 0.2) is 47.3 Å². The molecule has 2 heterocycles. The molecule has 1 aromatic heterocycles. The summed E-state index contributed by atoms with van der Waals surface area (Å²) >= 11 is 0. The molecule has 150 valence electrons. The summed E-state index contributed by atoms with van der Waals surface area (Å²) in [6, 6.07) is 12.9. The van der Waals surface area contributed by atoms with Gasteiger partial charge in [0, 0.05) is 24.0 Å². The van der Waals surface area contributed by atoms with Crippen LogP contribution in [0.3, 0.4) is 0 Å². The van der Waals surface area contributed by atoms with E-state index in [1.54, 1.807) is 19.2 Å². The lowest BCUT2D eigenvalue weighted by molar-refractivity contribution is -0.133. The lowest BCUT2D eigenvalue weighted by atomic mass is 9.99. The molecule has 0 saturated heterocycles. The number of para-hydroxylation sites is 1. The molecular formula is C22H23N3O4. The van der Waals surface area contributed by atoms with E-state index in [1.165, 1.54) is 0 Å². The molecule has 0 aliphatic carbocycles. The van der Waals surface area contributed by atoms with E-state index in [4.69, 9.17) is 9.47 Å². The summed E-state index contributed by atoms with van der Waals surface area (Å²) in [6.07, 6.45) is 0.718. The first-order chi connectivity index (χ1) is 14.1. The van der Waals surface area contributed by atoms with Gasteiger partial charge in [-0.1, -0.05) is 30.3 Å². The van der Waals surface area contributed by atoms with Gasteiger partial charge < -0.3 is 14.4 Å². The Labute approximate surface area is 168 Å². The molecule has 0 fully saturated rings. The number of carbonyl (C=O) groups excluding carboxylic acids is 1. The summed E-state index contributed by atoms with van der Waals surface area (Å²) in [6.45, 7) is 3.35. The van der Waals surface area contributed by atoms with Crippen molar-refractivity contribution in [2.24, 2.45) is 0 Å². The van der Waals surface area contributed by atoms with Crippen molar-refractivity contribution in [3.05, 3.63) is 64.1 Å². The molecule has 0 unspecified atom stereocenters. The van der Waals surface area contributed by atoms with Crippen LogP contribution >= 0.6 is 0 Å². The molecule has 7 heteroatoms. The number of nitrogens with one attached hydrogen (secondary N) is 1. The molecule has 29 heavy (non-hydrogen) atoms. The number of aromatic nitrogens is 2. The lowest BCUT2D eigenvalue weighted by Gasteiger charge is -2.29. The Morgan fingerprint density at radius 3 is 2.79 bits per heavy atom. The summed E-state index contributed by atoms with van der Waals surface area (Å²) in [5.41, 5.74) is 1.23. The molecule has 3 aromatic rings. The van der Waals surface area contributed by atoms with E-state index in [2.05, 4.69) is 10.2 Å². The highest BCUT2D eigenvalue weighted by molar-refractivity contribution is 5.91. The van der Waals surface area contributed by atoms with Gasteiger partial charge >= 0.3 is 0 Å². The largest absolute Gasteiger partial charge is 0.493 e. The monoisotopic (exact) mass is 393 g/mol. The fourth-order valence-electron chi connectivity index (χ4n) is 3.77. The van der Waals surface area contributed by atoms with Crippen molar-refractivity contribution in [1.82, 2.24) is 15.1 Å². The highest BCUT2D eigenvalue weighted by Crippen LogP contribution is 2.34. The van der Waals surface area contributed by atoms with Crippen molar-refractivity contribution in [1.29, 1.82) is 0 Å². The summed E-state index contributed by atoms with van der Waals surface area (Å²) < 4.78 is 11.3. The second-order valence-corrected chi connectivity index (χ2v) is 7.12. The van der Waals surface area contributed by atoms with Crippen LogP contribution in [0.4, 0.5) is 0 Å². The van der Waals surface area contributed by atoms with Crippen LogP contribution in [0.2, 0.25) is 0 Å². The first-order valence-electron chi connectivity index (χ1n) is 9.65. The molecule has 0 spiro atoms. The number of benzene rings is 2. The quantitative estimate of drug-likeness (QED) is 0.740. The van der Waals surface area contributed by atoms with Gasteiger partial charge in [0.15, 0.2) is 11.5 Å². The first kappa shape index (κ1) is 19.0. The minimum atomic E-state index is -0.494. The van der Waals surface area contributed by atoms with Crippen molar-refractivity contribution in [3.63, 3.8) is 0 Å². The Bertz CT molecular complexity index is 1110. The highest BCUT2D eigenvalue weighted by Gasteiger charge is 2.27. The van der Waals surface area contributed by atoms with Crippen molar-refractivity contribution < 1.29 is 14.3 Å². The number of hydrogen-bond donors (Lipinski definition) is 1. The third kappa shape index (κ3) is 3.55. The van der Waals surface area contributed by atoms with E-state index in [9.17, 15) is 9.59 Å². The number of ether oxygens (including phenoxy) is 2. The average molecular weight is 393 g/mol. The number of methoxy groups -OCH3 is 1. The van der Waals surface area contributed by atoms with E-state index in [1.807, 2.05) is 42.2 Å². The van der Waals surface area contributed by atoms with E-state index < -0.39 is 5.92 Å². The summed E-state index contributed by atoms with van der Waals surface area (Å²) in [4.78, 5) is 27.3. The zero-order valence-corrected chi connectivity index (χ0v) is 16.5. The normalized spacial score (nSPS) is 15.0. The van der Waals surface area contributed by atoms with Crippen LogP contribution in [0.25, 0.3) is 10.8 Å². The maximum atomic E-state index is 13.4. The van der Waals surface area contributed by atoms with Gasteiger partial charge in [-0.2, -0.15) is 5.10 Å². The minimum absolute atomic E-state index is 0.0367. The van der Waals surface area contributed by atoms with Crippen LogP contribution in [-0.4, -0.2) is 41.3 Å². The number of aromatic amines is 1. The number of fused-ring (bicyclic) bond motifs is 2. The minimum Gasteiger partial charge on any atom is -0.493 e. The molecule has 1 aliphatic rings. The molecule has 7 nitrogen and oxygen atoms in total. The molecule has 2 aromatic carbocycles. The van der Waals surface area contributed by atoms with Crippen LogP contribution < -0.4 is 15.0 Å². The van der Waals surface area contributed by atoms with Crippen molar-refractivity contribution in [2.45, 2.75) is 25.8 Å². The zero-order chi connectivity index (χ0) is 20.4. The molecule has 0 saturated carbocycles. The zero-order valence-electron chi connectivity index (χ0n) is 16.5. The fraction of sp³-hybridized carbons (Fsp3) is 0.318. The third-order valence-electron chi connectivity index (χ3n) is 5.28. The van der Waals surface area contributed by atoms with Gasteiger partial charge in [-0.15, -0.1) is 0 Å². The molecular weight excluding hydrogens is 370 g/mol. The van der Waals surface area contributed by atoms with Gasteiger partial charge in [-0.3, -0.25) is 9.59 Å². The molecule has 0 radical (unpaired) electrons. The number of amides is 1. The molecule has 4 rings (SSSR count). The Kier molecular flexibility index (Phi) is 5.20. The molecule has 0 bridgehead atoms. The topological polar surface area (TPSA) is 84.5 Å². The maximum Gasteiger partial charge on any atom is 0.272 e. The number of rotatable bonds is 3. The SMILES string of the molecule is COc1cccc2c1OCCCN(C(=O)[C@@H](C)c1n[nH]c(=O)c3ccccc13)C2. The standard InChI is InChI=1S/C22H23N3O4/c1-14(19-16-8-3-4-9-17(16)21(26)24-23-19)22(27)25-11-6-12-29-20-15(13-25)7-5-10-18(20)28-2/h3-5,7-10,14H,6,11-13H2,1-2H3,(H,24,26)/t14-/m0/s1. The van der Waals surface area contributed by atoms with Crippen LogP contribution in [0, 0.1) is 0 Å². The smallest absolute Gasteiger partial charge is 0.272 e. The van der Waals surface area contributed by atoms with Crippen molar-refractivity contribution >= 4 is 16.7 Å². The second kappa shape index (κ2) is 7.95. The third-order valence-corrected chi connectivity index (χ3v) is 5.28. The highest BCUT2D eigenvalue weighted by atomic mass is 16.5. The molecule has 1 N–H and O–H groups in total. The number of H-pyrrole nitrogens is 1. The van der Waals surface area contributed by atoms with Crippen molar-refractivity contribution in [3.8, 4) is 11.5 Å². The Hall–Kier alpha value is -3.35. The Morgan fingerprint density at radius 1 is 1.21 bits per heavy atom. The second-order valence-electron chi connectivity index (χ2n) is 7.12. The van der Waals surface area contributed by atoms with E-state index in [0.29, 0.717) is 47.7 Å². The van der Waals surface area contributed by atoms with Gasteiger partial charge in [-0.25, -0.2) is 5.10 Å². The average Bonchev–Trinajstić information content (AvgIpc) is 2.73. The molecule has 1 amide bonds. The van der Waals surface area contributed by atoms with Crippen LogP contribution in [0.5, 0.6) is 11.5 Å². The van der Waals surface area contributed by atoms with Gasteiger partial charge in [0.2, 0.25) is 5.91 Å². The summed E-state index contributed by atoms with van der Waals surface area (Å²) in [7, 11) is 1.61. The van der Waals surface area contributed by atoms with Crippen LogP contribution in [0.1, 0.15) is 30.5 Å². The molecule has 1 atom stereocenters. The van der Waals surface area contributed by atoms with E-state index in [-0.39, 0.29) is 11.5 Å². The Morgan fingerprint density at radius 2 is 2.00 bits per heavy atom. The summed E-state index contributed by atoms with van der Waals surface area (Å²) in [5, 5.41) is 7.97. The van der Waals surface area contributed by atoms with Crippen molar-refractivity contribution in [2.75, 3.05) is 20.3 Å². The fourth-order valence-corrected chi connectivity index (χ4v) is 3.77. The van der Waals surface area contributed by atoms with Crippen LogP contribution in [-0.2, 0) is 11.3 Å². The van der Waals surface area contributed by atoms with E-state index in [0.717, 1.165) is 12.0 Å². The Balaban J connectivity index is 1.67. The number of hydrogen-bond acceptors (Lipinski definition) is 5. The number of nitrogens with zero attached hydrogens (tertiary/aromatic N) is 2. The van der Waals surface area contributed by atoms with E-state index >= 15 is 0 Å². The predicted octanol–water partition coefficient (Wildman–Crippen LogP) is 2.85.